The molecule has 4 heteroatoms. The van der Waals surface area contributed by atoms with E-state index in [1.807, 2.05) is 19.1 Å². The van der Waals surface area contributed by atoms with Gasteiger partial charge in [-0.2, -0.15) is 0 Å². The molecule has 25 heavy (non-hydrogen) atoms. The Labute approximate surface area is 150 Å². The molecule has 0 aromatic heterocycles. The van der Waals surface area contributed by atoms with Crippen molar-refractivity contribution in [2.24, 2.45) is 0 Å². The zero-order chi connectivity index (χ0) is 17.5. The van der Waals surface area contributed by atoms with Crippen LogP contribution in [0, 0.1) is 0 Å². The van der Waals surface area contributed by atoms with Gasteiger partial charge in [-0.15, -0.1) is 0 Å². The molecule has 0 saturated carbocycles. The molecule has 3 rings (SSSR count). The summed E-state index contributed by atoms with van der Waals surface area (Å²) >= 11 is 0. The summed E-state index contributed by atoms with van der Waals surface area (Å²) in [6.45, 7) is 6.89. The molecule has 0 aliphatic carbocycles. The van der Waals surface area contributed by atoms with Gasteiger partial charge >= 0.3 is 0 Å². The molecule has 1 aliphatic rings. The quantitative estimate of drug-likeness (QED) is 0.873. The van der Waals surface area contributed by atoms with Crippen LogP contribution in [0.4, 0.5) is 0 Å². The first kappa shape index (κ1) is 17.8. The topological polar surface area (TPSA) is 33.7 Å². The minimum absolute atomic E-state index is 0.187. The Hall–Kier alpha value is -2.04. The summed E-state index contributed by atoms with van der Waals surface area (Å²) < 4.78 is 11.3. The maximum absolute atomic E-state index is 5.67. The van der Waals surface area contributed by atoms with E-state index in [1.165, 1.54) is 11.1 Å². The highest BCUT2D eigenvalue weighted by atomic mass is 16.5. The van der Waals surface area contributed by atoms with Gasteiger partial charge in [-0.05, 0) is 43.7 Å². The standard InChI is InChI=1S/C21H28N2O2/c1-3-25-18-11-9-17(10-12-18)21(23-15-6-13-22-14-16-23)19-7-4-5-8-20(19)24-2/h4-5,7-12,21-22H,3,6,13-16H2,1-2H3. The van der Waals surface area contributed by atoms with E-state index in [0.717, 1.165) is 44.1 Å². The van der Waals surface area contributed by atoms with Crippen LogP contribution >= 0.6 is 0 Å². The lowest BCUT2D eigenvalue weighted by Gasteiger charge is -2.32. The van der Waals surface area contributed by atoms with Crippen molar-refractivity contribution in [3.05, 3.63) is 59.7 Å². The van der Waals surface area contributed by atoms with Crippen LogP contribution in [0.1, 0.15) is 30.5 Å². The van der Waals surface area contributed by atoms with Gasteiger partial charge in [0.15, 0.2) is 0 Å². The molecule has 4 nitrogen and oxygen atoms in total. The average Bonchev–Trinajstić information content (AvgIpc) is 2.93. The predicted octanol–water partition coefficient (Wildman–Crippen LogP) is 3.48. The summed E-state index contributed by atoms with van der Waals surface area (Å²) in [4.78, 5) is 2.55. The second kappa shape index (κ2) is 8.88. The van der Waals surface area contributed by atoms with Gasteiger partial charge in [0.2, 0.25) is 0 Å². The molecule has 1 saturated heterocycles. The normalized spacial score (nSPS) is 16.9. The fourth-order valence-electron chi connectivity index (χ4n) is 3.52. The Kier molecular flexibility index (Phi) is 6.31. The Morgan fingerprint density at radius 2 is 1.84 bits per heavy atom. The first-order chi connectivity index (χ1) is 12.3. The van der Waals surface area contributed by atoms with Gasteiger partial charge in [-0.25, -0.2) is 0 Å². The molecular formula is C21H28N2O2. The van der Waals surface area contributed by atoms with Gasteiger partial charge in [-0.1, -0.05) is 30.3 Å². The minimum Gasteiger partial charge on any atom is -0.496 e. The van der Waals surface area contributed by atoms with Crippen molar-refractivity contribution in [2.45, 2.75) is 19.4 Å². The van der Waals surface area contributed by atoms with Crippen LogP contribution in [0.15, 0.2) is 48.5 Å². The molecular weight excluding hydrogens is 312 g/mol. The molecule has 134 valence electrons. The van der Waals surface area contributed by atoms with Gasteiger partial charge in [0.25, 0.3) is 0 Å². The molecule has 1 atom stereocenters. The van der Waals surface area contributed by atoms with Crippen LogP contribution in [0.2, 0.25) is 0 Å². The number of hydrogen-bond acceptors (Lipinski definition) is 4. The molecule has 2 aromatic carbocycles. The summed E-state index contributed by atoms with van der Waals surface area (Å²) in [6.07, 6.45) is 1.16. The van der Waals surface area contributed by atoms with E-state index in [1.54, 1.807) is 7.11 Å². The highest BCUT2D eigenvalue weighted by Crippen LogP contribution is 2.35. The number of benzene rings is 2. The van der Waals surface area contributed by atoms with Gasteiger partial charge in [0, 0.05) is 25.2 Å². The smallest absolute Gasteiger partial charge is 0.123 e. The van der Waals surface area contributed by atoms with Crippen molar-refractivity contribution >= 4 is 0 Å². The second-order valence-electron chi connectivity index (χ2n) is 6.29. The monoisotopic (exact) mass is 340 g/mol. The molecule has 0 bridgehead atoms. The van der Waals surface area contributed by atoms with Gasteiger partial charge < -0.3 is 14.8 Å². The minimum atomic E-state index is 0.187. The number of nitrogens with zero attached hydrogens (tertiary/aromatic N) is 1. The third kappa shape index (κ3) is 4.33. The lowest BCUT2D eigenvalue weighted by atomic mass is 9.95. The van der Waals surface area contributed by atoms with E-state index in [0.29, 0.717) is 6.61 Å². The molecule has 1 fully saturated rings. The van der Waals surface area contributed by atoms with Crippen molar-refractivity contribution in [1.29, 1.82) is 0 Å². The zero-order valence-corrected chi connectivity index (χ0v) is 15.2. The van der Waals surface area contributed by atoms with Crippen molar-refractivity contribution in [1.82, 2.24) is 10.2 Å². The Morgan fingerprint density at radius 3 is 2.60 bits per heavy atom. The second-order valence-corrected chi connectivity index (χ2v) is 6.29. The molecule has 0 radical (unpaired) electrons. The van der Waals surface area contributed by atoms with Crippen molar-refractivity contribution in [2.75, 3.05) is 39.9 Å². The van der Waals surface area contributed by atoms with E-state index in [4.69, 9.17) is 9.47 Å². The molecule has 1 unspecified atom stereocenters. The maximum Gasteiger partial charge on any atom is 0.123 e. The summed E-state index contributed by atoms with van der Waals surface area (Å²) in [5.74, 6) is 1.86. The van der Waals surface area contributed by atoms with E-state index in [9.17, 15) is 0 Å². The van der Waals surface area contributed by atoms with E-state index < -0.39 is 0 Å². The molecule has 2 aromatic rings. The highest BCUT2D eigenvalue weighted by Gasteiger charge is 2.25. The third-order valence-electron chi connectivity index (χ3n) is 4.68. The highest BCUT2D eigenvalue weighted by molar-refractivity contribution is 5.43. The number of methoxy groups -OCH3 is 1. The third-order valence-corrected chi connectivity index (χ3v) is 4.68. The number of rotatable bonds is 6. The lowest BCUT2D eigenvalue weighted by Crippen LogP contribution is -2.33. The van der Waals surface area contributed by atoms with Crippen LogP contribution in [-0.4, -0.2) is 44.8 Å². The molecule has 1 heterocycles. The number of ether oxygens (including phenoxy) is 2. The van der Waals surface area contributed by atoms with Crippen LogP contribution in [0.25, 0.3) is 0 Å². The maximum atomic E-state index is 5.67. The van der Waals surface area contributed by atoms with Crippen LogP contribution in [-0.2, 0) is 0 Å². The summed E-state index contributed by atoms with van der Waals surface area (Å²) in [5, 5.41) is 3.50. The summed E-state index contributed by atoms with van der Waals surface area (Å²) in [6, 6.07) is 17.0. The fraction of sp³-hybridized carbons (Fsp3) is 0.429. The summed E-state index contributed by atoms with van der Waals surface area (Å²) in [7, 11) is 1.75. The molecule has 1 N–H and O–H groups in total. The van der Waals surface area contributed by atoms with Crippen LogP contribution in [0.3, 0.4) is 0 Å². The molecule has 0 spiro atoms. The van der Waals surface area contributed by atoms with Crippen molar-refractivity contribution in [3.8, 4) is 11.5 Å². The van der Waals surface area contributed by atoms with E-state index in [-0.39, 0.29) is 6.04 Å². The van der Waals surface area contributed by atoms with Crippen LogP contribution < -0.4 is 14.8 Å². The fourth-order valence-corrected chi connectivity index (χ4v) is 3.52. The van der Waals surface area contributed by atoms with E-state index in [2.05, 4.69) is 46.6 Å². The van der Waals surface area contributed by atoms with Gasteiger partial charge in [-0.3, -0.25) is 4.90 Å². The Bertz CT molecular complexity index is 649. The SMILES string of the molecule is CCOc1ccc(C(c2ccccc2OC)N2CCCNCC2)cc1. The number of para-hydroxylation sites is 1. The molecule has 1 aliphatic heterocycles. The Morgan fingerprint density at radius 1 is 1.04 bits per heavy atom. The summed E-state index contributed by atoms with van der Waals surface area (Å²) in [5.41, 5.74) is 2.49. The van der Waals surface area contributed by atoms with Crippen molar-refractivity contribution in [3.63, 3.8) is 0 Å². The largest absolute Gasteiger partial charge is 0.496 e. The zero-order valence-electron chi connectivity index (χ0n) is 15.2. The Balaban J connectivity index is 1.98. The van der Waals surface area contributed by atoms with Crippen molar-refractivity contribution < 1.29 is 9.47 Å². The van der Waals surface area contributed by atoms with E-state index >= 15 is 0 Å². The van der Waals surface area contributed by atoms with Gasteiger partial charge in [0.1, 0.15) is 11.5 Å². The number of nitrogens with one attached hydrogen (secondary N) is 1. The van der Waals surface area contributed by atoms with Crippen LogP contribution in [0.5, 0.6) is 11.5 Å². The number of hydrogen-bond donors (Lipinski definition) is 1. The first-order valence-corrected chi connectivity index (χ1v) is 9.14. The molecule has 0 amide bonds. The average molecular weight is 340 g/mol. The lowest BCUT2D eigenvalue weighted by molar-refractivity contribution is 0.236. The predicted molar refractivity (Wildman–Crippen MR) is 102 cm³/mol. The van der Waals surface area contributed by atoms with Gasteiger partial charge in [0.05, 0.1) is 19.8 Å². The first-order valence-electron chi connectivity index (χ1n) is 9.14.